The van der Waals surface area contributed by atoms with Crippen LogP contribution in [0.4, 0.5) is 5.69 Å². The van der Waals surface area contributed by atoms with Crippen LogP contribution in [0.15, 0.2) is 47.4 Å². The van der Waals surface area contributed by atoms with Gasteiger partial charge in [-0.25, -0.2) is 8.42 Å². The van der Waals surface area contributed by atoms with Crippen molar-refractivity contribution in [2.75, 3.05) is 31.6 Å². The molecule has 1 N–H and O–H groups in total. The average molecular weight is 417 g/mol. The monoisotopic (exact) mass is 416 g/mol. The third kappa shape index (κ3) is 4.69. The quantitative estimate of drug-likeness (QED) is 0.778. The Balaban J connectivity index is 1.89. The molecule has 1 heterocycles. The van der Waals surface area contributed by atoms with Crippen LogP contribution >= 0.6 is 0 Å². The number of carbonyl (C=O) groups is 1. The molecule has 0 saturated carbocycles. The van der Waals surface area contributed by atoms with Gasteiger partial charge >= 0.3 is 0 Å². The molecular weight excluding hydrogens is 388 g/mol. The summed E-state index contributed by atoms with van der Waals surface area (Å²) in [6.07, 6.45) is 0.958. The highest BCUT2D eigenvalue weighted by Crippen LogP contribution is 2.28. The first-order chi connectivity index (χ1) is 13.8. The van der Waals surface area contributed by atoms with Crippen molar-refractivity contribution < 1.29 is 17.9 Å². The van der Waals surface area contributed by atoms with Gasteiger partial charge < -0.3 is 10.1 Å². The minimum absolute atomic E-state index is 0.169. The second-order valence-electron chi connectivity index (χ2n) is 7.35. The Hall–Kier alpha value is -2.22. The van der Waals surface area contributed by atoms with Gasteiger partial charge in [0.25, 0.3) is 5.91 Å². The molecule has 0 aliphatic carbocycles. The number of carbonyl (C=O) groups excluding carboxylic acids is 1. The van der Waals surface area contributed by atoms with Crippen molar-refractivity contribution in [1.82, 2.24) is 4.31 Å². The van der Waals surface area contributed by atoms with Crippen molar-refractivity contribution in [2.24, 2.45) is 0 Å². The van der Waals surface area contributed by atoms with E-state index in [1.165, 1.54) is 10.4 Å². The number of para-hydroxylation sites is 1. The molecule has 1 saturated heterocycles. The number of rotatable bonds is 6. The van der Waals surface area contributed by atoms with Crippen molar-refractivity contribution >= 4 is 21.6 Å². The fraction of sp³-hybridized carbons (Fsp3) is 0.409. The molecule has 1 atom stereocenters. The van der Waals surface area contributed by atoms with Crippen LogP contribution < -0.4 is 5.32 Å². The van der Waals surface area contributed by atoms with Crippen molar-refractivity contribution in [3.8, 4) is 0 Å². The molecule has 1 aliphatic rings. The van der Waals surface area contributed by atoms with Gasteiger partial charge in [0.15, 0.2) is 0 Å². The van der Waals surface area contributed by atoms with Crippen LogP contribution in [0.25, 0.3) is 0 Å². The fourth-order valence-electron chi connectivity index (χ4n) is 3.40. The molecule has 0 radical (unpaired) electrons. The number of aryl methyl sites for hydroxylation is 1. The van der Waals surface area contributed by atoms with Crippen molar-refractivity contribution in [3.05, 3.63) is 59.2 Å². The summed E-state index contributed by atoms with van der Waals surface area (Å²) in [5.74, 6) is -0.0130. The Bertz CT molecular complexity index is 982. The van der Waals surface area contributed by atoms with Gasteiger partial charge in [-0.05, 0) is 48.6 Å². The molecule has 156 valence electrons. The van der Waals surface area contributed by atoms with Gasteiger partial charge in [0.1, 0.15) is 0 Å². The van der Waals surface area contributed by atoms with E-state index in [1.807, 2.05) is 24.3 Å². The molecule has 2 aromatic carbocycles. The molecule has 1 fully saturated rings. The molecule has 2 aromatic rings. The topological polar surface area (TPSA) is 75.7 Å². The summed E-state index contributed by atoms with van der Waals surface area (Å²) in [5, 5.41) is 2.95. The lowest BCUT2D eigenvalue weighted by Crippen LogP contribution is -2.40. The van der Waals surface area contributed by atoms with Crippen molar-refractivity contribution in [3.63, 3.8) is 0 Å². The summed E-state index contributed by atoms with van der Waals surface area (Å²) < 4.78 is 32.8. The summed E-state index contributed by atoms with van der Waals surface area (Å²) in [6, 6.07) is 12.5. The zero-order chi connectivity index (χ0) is 21.0. The maximum Gasteiger partial charge on any atom is 0.255 e. The number of amides is 1. The fourth-order valence-corrected chi connectivity index (χ4v) is 5.06. The minimum atomic E-state index is -3.67. The number of sulfonamides is 1. The summed E-state index contributed by atoms with van der Waals surface area (Å²) >= 11 is 0. The standard InChI is InChI=1S/C22H28N2O4S/c1-4-16(2)19-7-5-6-8-20(19)23-22(25)18-10-9-17(3)21(15-18)29(26,27)24-11-13-28-14-12-24/h5-10,15-16H,4,11-14H2,1-3H3,(H,23,25)/t16-/m1/s1. The van der Waals surface area contributed by atoms with Gasteiger partial charge in [0.2, 0.25) is 10.0 Å². The Morgan fingerprint density at radius 2 is 1.86 bits per heavy atom. The Labute approximate surface area is 172 Å². The number of hydrogen-bond donors (Lipinski definition) is 1. The van der Waals surface area contributed by atoms with E-state index in [9.17, 15) is 13.2 Å². The summed E-state index contributed by atoms with van der Waals surface area (Å²) in [5.41, 5.74) is 2.76. The number of morpholine rings is 1. The Morgan fingerprint density at radius 1 is 1.17 bits per heavy atom. The van der Waals surface area contributed by atoms with E-state index in [2.05, 4.69) is 19.2 Å². The molecule has 1 amide bonds. The van der Waals surface area contributed by atoms with Crippen LogP contribution in [0, 0.1) is 6.92 Å². The number of anilines is 1. The van der Waals surface area contributed by atoms with Crippen LogP contribution in [-0.4, -0.2) is 44.9 Å². The third-order valence-electron chi connectivity index (χ3n) is 5.39. The lowest BCUT2D eigenvalue weighted by Gasteiger charge is -2.26. The zero-order valence-electron chi connectivity index (χ0n) is 17.1. The van der Waals surface area contributed by atoms with Gasteiger partial charge in [-0.15, -0.1) is 0 Å². The molecule has 29 heavy (non-hydrogen) atoms. The molecule has 1 aliphatic heterocycles. The summed E-state index contributed by atoms with van der Waals surface area (Å²) in [7, 11) is -3.67. The van der Waals surface area contributed by atoms with E-state index < -0.39 is 10.0 Å². The first kappa shape index (κ1) is 21.5. The molecule has 6 nitrogen and oxygen atoms in total. The molecular formula is C22H28N2O4S. The largest absolute Gasteiger partial charge is 0.379 e. The highest BCUT2D eigenvalue weighted by Gasteiger charge is 2.28. The minimum Gasteiger partial charge on any atom is -0.379 e. The van der Waals surface area contributed by atoms with Gasteiger partial charge in [-0.2, -0.15) is 4.31 Å². The summed E-state index contributed by atoms with van der Waals surface area (Å²) in [6.45, 7) is 7.36. The highest BCUT2D eigenvalue weighted by molar-refractivity contribution is 7.89. The molecule has 0 spiro atoms. The molecule has 7 heteroatoms. The van der Waals surface area contributed by atoms with E-state index in [4.69, 9.17) is 4.74 Å². The van der Waals surface area contributed by atoms with Gasteiger partial charge in [0, 0.05) is 24.3 Å². The zero-order valence-corrected chi connectivity index (χ0v) is 18.0. The molecule has 0 aromatic heterocycles. The smallest absolute Gasteiger partial charge is 0.255 e. The first-order valence-electron chi connectivity index (χ1n) is 9.93. The lowest BCUT2D eigenvalue weighted by atomic mass is 9.97. The van der Waals surface area contributed by atoms with Gasteiger partial charge in [-0.1, -0.05) is 38.1 Å². The first-order valence-corrected chi connectivity index (χ1v) is 11.4. The number of benzene rings is 2. The van der Waals surface area contributed by atoms with E-state index >= 15 is 0 Å². The van der Waals surface area contributed by atoms with Crippen molar-refractivity contribution in [1.29, 1.82) is 0 Å². The Kier molecular flexibility index (Phi) is 6.72. The molecule has 3 rings (SSSR count). The number of hydrogen-bond acceptors (Lipinski definition) is 4. The normalized spacial score (nSPS) is 16.4. The second-order valence-corrected chi connectivity index (χ2v) is 9.25. The average Bonchev–Trinajstić information content (AvgIpc) is 2.74. The molecule has 0 unspecified atom stereocenters. The van der Waals surface area contributed by atoms with Crippen LogP contribution in [0.1, 0.15) is 47.7 Å². The predicted octanol–water partition coefficient (Wildman–Crippen LogP) is 3.78. The number of nitrogens with zero attached hydrogens (tertiary/aromatic N) is 1. The van der Waals surface area contributed by atoms with E-state index in [1.54, 1.807) is 19.1 Å². The van der Waals surface area contributed by atoms with E-state index in [0.29, 0.717) is 43.3 Å². The Morgan fingerprint density at radius 3 is 2.55 bits per heavy atom. The van der Waals surface area contributed by atoms with Crippen LogP contribution in [0.3, 0.4) is 0 Å². The van der Waals surface area contributed by atoms with Crippen LogP contribution in [0.2, 0.25) is 0 Å². The predicted molar refractivity (Wildman–Crippen MR) is 114 cm³/mol. The SMILES string of the molecule is CC[C@@H](C)c1ccccc1NC(=O)c1ccc(C)c(S(=O)(=O)N2CCOCC2)c1. The second kappa shape index (κ2) is 9.07. The highest BCUT2D eigenvalue weighted by atomic mass is 32.2. The molecule has 0 bridgehead atoms. The number of ether oxygens (including phenoxy) is 1. The maximum absolute atomic E-state index is 13.1. The van der Waals surface area contributed by atoms with E-state index in [-0.39, 0.29) is 10.8 Å². The van der Waals surface area contributed by atoms with Gasteiger partial charge in [-0.3, -0.25) is 4.79 Å². The van der Waals surface area contributed by atoms with Crippen molar-refractivity contribution in [2.45, 2.75) is 38.0 Å². The number of nitrogens with one attached hydrogen (secondary N) is 1. The maximum atomic E-state index is 13.1. The third-order valence-corrected chi connectivity index (χ3v) is 7.43. The lowest BCUT2D eigenvalue weighted by molar-refractivity contribution is 0.0730. The van der Waals surface area contributed by atoms with Gasteiger partial charge in [0.05, 0.1) is 18.1 Å². The van der Waals surface area contributed by atoms with Crippen LogP contribution in [0.5, 0.6) is 0 Å². The van der Waals surface area contributed by atoms with E-state index in [0.717, 1.165) is 17.7 Å². The summed E-state index contributed by atoms with van der Waals surface area (Å²) in [4.78, 5) is 13.1. The van der Waals surface area contributed by atoms with Crippen LogP contribution in [-0.2, 0) is 14.8 Å².